The summed E-state index contributed by atoms with van der Waals surface area (Å²) in [5.41, 5.74) is 1.48. The molecule has 1 heterocycles. The number of aromatic nitrogens is 2. The van der Waals surface area contributed by atoms with Gasteiger partial charge in [0.1, 0.15) is 0 Å². The fraction of sp³-hybridized carbons (Fsp3) is 0.400. The van der Waals surface area contributed by atoms with Crippen LogP contribution in [0.1, 0.15) is 11.4 Å². The van der Waals surface area contributed by atoms with Gasteiger partial charge in [0.05, 0.1) is 11.4 Å². The number of aryl methyl sites for hydroxylation is 2. The van der Waals surface area contributed by atoms with Gasteiger partial charge in [-0.2, -0.15) is 0 Å². The normalized spacial score (nSPS) is 9.82. The Morgan fingerprint density at radius 3 is 2.55 bits per heavy atom. The summed E-state index contributed by atoms with van der Waals surface area (Å²) in [5.74, 6) is 0. The number of nitrogens with zero attached hydrogens (tertiary/aromatic N) is 2. The molecule has 0 amide bonds. The topological polar surface area (TPSA) is 67.5 Å². The first-order valence-corrected chi connectivity index (χ1v) is 3.16. The van der Waals surface area contributed by atoms with E-state index < -0.39 is 7.32 Å². The summed E-state index contributed by atoms with van der Waals surface area (Å²) in [4.78, 5) is 1.07. The van der Waals surface area contributed by atoms with E-state index in [1.807, 2.05) is 0 Å². The van der Waals surface area contributed by atoms with Gasteiger partial charge in [0, 0.05) is 0 Å². The highest BCUT2D eigenvalue weighted by atomic mass is 16.7. The van der Waals surface area contributed by atoms with Crippen molar-refractivity contribution >= 4 is 7.32 Å². The highest BCUT2D eigenvalue weighted by Crippen LogP contribution is 1.98. The van der Waals surface area contributed by atoms with Crippen LogP contribution in [0.25, 0.3) is 0 Å². The monoisotopic (exact) mass is 156 g/mol. The van der Waals surface area contributed by atoms with Crippen molar-refractivity contribution in [1.82, 2.24) is 9.94 Å². The fourth-order valence-corrected chi connectivity index (χ4v) is 0.805. The zero-order valence-electron chi connectivity index (χ0n) is 6.35. The van der Waals surface area contributed by atoms with Gasteiger partial charge in [0.25, 0.3) is 0 Å². The Morgan fingerprint density at radius 2 is 2.18 bits per heavy atom. The highest BCUT2D eigenvalue weighted by Gasteiger charge is 2.13. The van der Waals surface area contributed by atoms with Gasteiger partial charge in [-0.3, -0.25) is 0 Å². The lowest BCUT2D eigenvalue weighted by Crippen LogP contribution is -2.30. The lowest BCUT2D eigenvalue weighted by atomic mass is 10.3. The molecular weight excluding hydrogens is 147 g/mol. The van der Waals surface area contributed by atoms with Gasteiger partial charge in [-0.15, -0.1) is 9.94 Å². The number of rotatable bonds is 2. The van der Waals surface area contributed by atoms with Crippen LogP contribution in [0.4, 0.5) is 0 Å². The Kier molecular flexibility index (Phi) is 2.16. The van der Waals surface area contributed by atoms with Gasteiger partial charge >= 0.3 is 7.32 Å². The van der Waals surface area contributed by atoms with Crippen molar-refractivity contribution in [1.29, 1.82) is 0 Å². The maximum absolute atomic E-state index is 8.41. The first kappa shape index (κ1) is 8.09. The van der Waals surface area contributed by atoms with E-state index in [0.717, 1.165) is 16.2 Å². The van der Waals surface area contributed by atoms with Gasteiger partial charge in [-0.25, -0.2) is 0 Å². The minimum Gasteiger partial charge on any atom is -0.405 e. The summed E-state index contributed by atoms with van der Waals surface area (Å²) < 4.78 is 4.48. The predicted octanol–water partition coefficient (Wildman–Crippen LogP) is -1.10. The van der Waals surface area contributed by atoms with E-state index in [1.165, 1.54) is 0 Å². The molecule has 0 aliphatic rings. The second kappa shape index (κ2) is 2.94. The molecule has 0 aromatic carbocycles. The molecule has 0 atom stereocenters. The van der Waals surface area contributed by atoms with Crippen LogP contribution in [0.2, 0.25) is 0 Å². The second-order valence-electron chi connectivity index (χ2n) is 2.23. The van der Waals surface area contributed by atoms with E-state index >= 15 is 0 Å². The van der Waals surface area contributed by atoms with Crippen LogP contribution in [-0.2, 0) is 0 Å². The van der Waals surface area contributed by atoms with Gasteiger partial charge < -0.3 is 14.8 Å². The van der Waals surface area contributed by atoms with E-state index in [1.54, 1.807) is 19.9 Å². The minimum absolute atomic E-state index is 0.718. The molecule has 0 aliphatic heterocycles. The SMILES string of the molecule is Cc1cc(C)n(OB(O)O)n1. The molecule has 6 heteroatoms. The molecule has 0 bridgehead atoms. The number of hydrogen-bond acceptors (Lipinski definition) is 4. The Bertz CT molecular complexity index is 248. The molecule has 60 valence electrons. The fourth-order valence-electron chi connectivity index (χ4n) is 0.805. The van der Waals surface area contributed by atoms with Gasteiger partial charge in [0.15, 0.2) is 0 Å². The average Bonchev–Trinajstić information content (AvgIpc) is 2.09. The van der Waals surface area contributed by atoms with Crippen molar-refractivity contribution in [2.75, 3.05) is 0 Å². The summed E-state index contributed by atoms with van der Waals surface area (Å²) in [6.45, 7) is 3.54. The van der Waals surface area contributed by atoms with E-state index in [4.69, 9.17) is 10.0 Å². The van der Waals surface area contributed by atoms with E-state index in [-0.39, 0.29) is 0 Å². The van der Waals surface area contributed by atoms with Gasteiger partial charge in [-0.1, -0.05) is 0 Å². The summed E-state index contributed by atoms with van der Waals surface area (Å²) in [6, 6.07) is 1.77. The molecular formula is C5H9BN2O3. The standard InChI is InChI=1S/C5H9BN2O3/c1-4-3-5(2)8(7-4)11-6(9)10/h3,9-10H,1-2H3. The first-order chi connectivity index (χ1) is 5.09. The Labute approximate surface area is 64.4 Å². The third kappa shape index (κ3) is 1.96. The molecule has 0 aliphatic carbocycles. The zero-order chi connectivity index (χ0) is 8.43. The van der Waals surface area contributed by atoms with Crippen molar-refractivity contribution < 1.29 is 14.8 Å². The van der Waals surface area contributed by atoms with Crippen molar-refractivity contribution in [3.05, 3.63) is 17.5 Å². The summed E-state index contributed by atoms with van der Waals surface area (Å²) >= 11 is 0. The minimum atomic E-state index is -1.83. The molecule has 1 rings (SSSR count). The zero-order valence-corrected chi connectivity index (χ0v) is 6.35. The second-order valence-corrected chi connectivity index (χ2v) is 2.23. The third-order valence-electron chi connectivity index (χ3n) is 1.16. The van der Waals surface area contributed by atoms with Gasteiger partial charge in [-0.05, 0) is 19.9 Å². The molecule has 5 nitrogen and oxygen atoms in total. The molecule has 0 unspecified atom stereocenters. The Hall–Kier alpha value is -1.01. The summed E-state index contributed by atoms with van der Waals surface area (Å²) in [6.07, 6.45) is 0. The smallest absolute Gasteiger partial charge is 0.405 e. The third-order valence-corrected chi connectivity index (χ3v) is 1.16. The Morgan fingerprint density at radius 1 is 1.55 bits per heavy atom. The molecule has 11 heavy (non-hydrogen) atoms. The summed E-state index contributed by atoms with van der Waals surface area (Å²) in [5, 5.41) is 20.6. The largest absolute Gasteiger partial charge is 0.729 e. The molecule has 0 spiro atoms. The van der Waals surface area contributed by atoms with E-state index in [0.29, 0.717) is 0 Å². The molecule has 1 aromatic heterocycles. The number of hydrogen-bond donors (Lipinski definition) is 2. The van der Waals surface area contributed by atoms with Crippen LogP contribution in [0, 0.1) is 13.8 Å². The van der Waals surface area contributed by atoms with E-state index in [9.17, 15) is 0 Å². The average molecular weight is 156 g/mol. The van der Waals surface area contributed by atoms with Crippen LogP contribution in [-0.4, -0.2) is 27.3 Å². The molecule has 0 saturated carbocycles. The molecule has 0 radical (unpaired) electrons. The first-order valence-electron chi connectivity index (χ1n) is 3.16. The predicted molar refractivity (Wildman–Crippen MR) is 38.5 cm³/mol. The van der Waals surface area contributed by atoms with Crippen LogP contribution in [0.3, 0.4) is 0 Å². The van der Waals surface area contributed by atoms with Crippen LogP contribution >= 0.6 is 0 Å². The Balaban J connectivity index is 2.77. The van der Waals surface area contributed by atoms with Crippen molar-refractivity contribution in [2.24, 2.45) is 0 Å². The van der Waals surface area contributed by atoms with Gasteiger partial charge in [0.2, 0.25) is 0 Å². The molecule has 0 saturated heterocycles. The maximum Gasteiger partial charge on any atom is 0.729 e. The van der Waals surface area contributed by atoms with Crippen molar-refractivity contribution in [2.45, 2.75) is 13.8 Å². The lowest BCUT2D eigenvalue weighted by Gasteiger charge is -2.03. The molecule has 0 fully saturated rings. The quantitative estimate of drug-likeness (QED) is 0.533. The van der Waals surface area contributed by atoms with Crippen LogP contribution < -0.4 is 4.76 Å². The molecule has 1 aromatic rings. The van der Waals surface area contributed by atoms with Crippen molar-refractivity contribution in [3.8, 4) is 0 Å². The van der Waals surface area contributed by atoms with Crippen LogP contribution in [0.15, 0.2) is 6.07 Å². The molecule has 2 N–H and O–H groups in total. The van der Waals surface area contributed by atoms with Crippen molar-refractivity contribution in [3.63, 3.8) is 0 Å². The summed E-state index contributed by atoms with van der Waals surface area (Å²) in [7, 11) is -1.83. The maximum atomic E-state index is 8.41. The lowest BCUT2D eigenvalue weighted by molar-refractivity contribution is 0.136. The highest BCUT2D eigenvalue weighted by molar-refractivity contribution is 6.32. The van der Waals surface area contributed by atoms with E-state index in [2.05, 4.69) is 9.85 Å². The van der Waals surface area contributed by atoms with Crippen LogP contribution in [0.5, 0.6) is 0 Å².